The van der Waals surface area contributed by atoms with E-state index in [4.69, 9.17) is 44.3 Å². The number of benzene rings is 1. The Hall–Kier alpha value is -1.29. The van der Waals surface area contributed by atoms with Gasteiger partial charge in [0.05, 0.1) is 19.9 Å². The van der Waals surface area contributed by atoms with Crippen LogP contribution < -0.4 is 14.8 Å². The highest BCUT2D eigenvalue weighted by atomic mass is 35.5. The molecule has 1 aromatic rings. The summed E-state index contributed by atoms with van der Waals surface area (Å²) in [6, 6.07) is 1.64. The minimum absolute atomic E-state index is 0.375. The lowest BCUT2D eigenvalue weighted by atomic mass is 10.2. The lowest BCUT2D eigenvalue weighted by Crippen LogP contribution is -2.06. The number of hydrogen-bond donors (Lipinski definition) is 1. The lowest BCUT2D eigenvalue weighted by Gasteiger charge is -2.16. The minimum atomic E-state index is 0.375. The highest BCUT2D eigenvalue weighted by molar-refractivity contribution is 6.41. The Labute approximate surface area is 152 Å². The first-order valence-electron chi connectivity index (χ1n) is 6.85. The monoisotopic (exact) mass is 375 g/mol. The average Bonchev–Trinajstić information content (AvgIpc) is 2.50. The maximum atomic E-state index is 6.32. The van der Waals surface area contributed by atoms with E-state index in [0.717, 1.165) is 11.1 Å². The van der Waals surface area contributed by atoms with Gasteiger partial charge in [-0.25, -0.2) is 0 Å². The number of rotatable bonds is 7. The van der Waals surface area contributed by atoms with Crippen molar-refractivity contribution >= 4 is 40.5 Å². The van der Waals surface area contributed by atoms with Gasteiger partial charge in [0, 0.05) is 17.6 Å². The van der Waals surface area contributed by atoms with Crippen molar-refractivity contribution in [2.75, 3.05) is 26.1 Å². The highest BCUT2D eigenvalue weighted by Gasteiger charge is 2.17. The Morgan fingerprint density at radius 3 is 2.09 bits per heavy atom. The number of halogens is 3. The van der Waals surface area contributed by atoms with E-state index in [9.17, 15) is 0 Å². The summed E-state index contributed by atoms with van der Waals surface area (Å²) in [5, 5.41) is 4.53. The summed E-state index contributed by atoms with van der Waals surface area (Å²) >= 11 is 18.9. The topological polar surface area (TPSA) is 30.5 Å². The van der Waals surface area contributed by atoms with Crippen LogP contribution in [0.2, 0.25) is 10.0 Å². The van der Waals surface area contributed by atoms with Crippen LogP contribution >= 0.6 is 34.8 Å². The summed E-state index contributed by atoms with van der Waals surface area (Å²) in [6.07, 6.45) is 3.56. The largest absolute Gasteiger partial charge is 0.495 e. The standard InChI is InChI=1S/C17H20Cl3NO2/c1-6-11(12(18)7-10(2)3)9-21-17-15(19)13(22-4)8-14(23-5)16(17)20/h6-8,21H,1,9H2,2-5H3/b12-11-. The van der Waals surface area contributed by atoms with Crippen LogP contribution in [0.1, 0.15) is 13.8 Å². The molecule has 23 heavy (non-hydrogen) atoms. The summed E-state index contributed by atoms with van der Waals surface area (Å²) in [5.74, 6) is 0.935. The van der Waals surface area contributed by atoms with Gasteiger partial charge in [0.2, 0.25) is 0 Å². The normalized spacial score (nSPS) is 11.4. The molecule has 6 heteroatoms. The zero-order valence-electron chi connectivity index (χ0n) is 13.6. The van der Waals surface area contributed by atoms with Gasteiger partial charge in [0.1, 0.15) is 21.5 Å². The number of methoxy groups -OCH3 is 2. The molecule has 1 N–H and O–H groups in total. The molecule has 3 nitrogen and oxygen atoms in total. The predicted molar refractivity (Wildman–Crippen MR) is 101 cm³/mol. The van der Waals surface area contributed by atoms with Crippen LogP contribution in [0.25, 0.3) is 0 Å². The van der Waals surface area contributed by atoms with Crippen molar-refractivity contribution in [3.05, 3.63) is 51.0 Å². The van der Waals surface area contributed by atoms with Crippen LogP contribution in [-0.2, 0) is 0 Å². The smallest absolute Gasteiger partial charge is 0.143 e. The average molecular weight is 377 g/mol. The predicted octanol–water partition coefficient (Wildman–Crippen LogP) is 6.07. The second kappa shape index (κ2) is 9.11. The maximum absolute atomic E-state index is 6.32. The van der Waals surface area contributed by atoms with Crippen molar-refractivity contribution in [3.8, 4) is 11.5 Å². The van der Waals surface area contributed by atoms with Crippen molar-refractivity contribution in [2.45, 2.75) is 13.8 Å². The minimum Gasteiger partial charge on any atom is -0.495 e. The van der Waals surface area contributed by atoms with Gasteiger partial charge in [-0.05, 0) is 25.5 Å². The molecule has 0 bridgehead atoms. The Morgan fingerprint density at radius 2 is 1.70 bits per heavy atom. The van der Waals surface area contributed by atoms with Gasteiger partial charge in [0.15, 0.2) is 0 Å². The molecular formula is C17H20Cl3NO2. The molecule has 1 aromatic carbocycles. The first-order chi connectivity index (χ1) is 10.8. The van der Waals surface area contributed by atoms with E-state index in [1.807, 2.05) is 19.9 Å². The molecule has 0 unspecified atom stereocenters. The lowest BCUT2D eigenvalue weighted by molar-refractivity contribution is 0.395. The molecule has 0 spiro atoms. The summed E-state index contributed by atoms with van der Waals surface area (Å²) < 4.78 is 10.5. The van der Waals surface area contributed by atoms with Crippen molar-refractivity contribution in [2.24, 2.45) is 0 Å². The molecular weight excluding hydrogens is 357 g/mol. The fourth-order valence-electron chi connectivity index (χ4n) is 1.82. The van der Waals surface area contributed by atoms with E-state index in [-0.39, 0.29) is 0 Å². The van der Waals surface area contributed by atoms with Gasteiger partial charge in [-0.3, -0.25) is 0 Å². The molecule has 0 saturated heterocycles. The molecule has 0 heterocycles. The zero-order chi connectivity index (χ0) is 17.6. The van der Waals surface area contributed by atoms with Gasteiger partial charge in [-0.1, -0.05) is 53.0 Å². The number of anilines is 1. The van der Waals surface area contributed by atoms with E-state index in [2.05, 4.69) is 11.9 Å². The molecule has 0 aliphatic rings. The first kappa shape index (κ1) is 19.8. The molecule has 126 valence electrons. The summed E-state index contributed by atoms with van der Waals surface area (Å²) in [4.78, 5) is 0. The van der Waals surface area contributed by atoms with E-state index in [1.165, 1.54) is 14.2 Å². The fourth-order valence-corrected chi connectivity index (χ4v) is 2.82. The number of ether oxygens (including phenoxy) is 2. The fraction of sp³-hybridized carbons (Fsp3) is 0.294. The Bertz CT molecular complexity index is 619. The second-order valence-electron chi connectivity index (χ2n) is 4.94. The van der Waals surface area contributed by atoms with Crippen LogP contribution in [0.4, 0.5) is 5.69 Å². The highest BCUT2D eigenvalue weighted by Crippen LogP contribution is 2.44. The maximum Gasteiger partial charge on any atom is 0.143 e. The third-order valence-corrected chi connectivity index (χ3v) is 4.10. The second-order valence-corrected chi connectivity index (χ2v) is 6.10. The van der Waals surface area contributed by atoms with Gasteiger partial charge < -0.3 is 14.8 Å². The number of nitrogens with one attached hydrogen (secondary N) is 1. The Morgan fingerprint density at radius 1 is 1.17 bits per heavy atom. The molecule has 0 saturated carbocycles. The molecule has 0 fully saturated rings. The summed E-state index contributed by atoms with van der Waals surface area (Å²) in [7, 11) is 3.05. The van der Waals surface area contributed by atoms with Crippen LogP contribution in [-0.4, -0.2) is 20.8 Å². The van der Waals surface area contributed by atoms with Crippen molar-refractivity contribution in [1.29, 1.82) is 0 Å². The van der Waals surface area contributed by atoms with E-state index in [0.29, 0.717) is 38.8 Å². The molecule has 0 amide bonds. The Balaban J connectivity index is 3.19. The van der Waals surface area contributed by atoms with Gasteiger partial charge in [-0.15, -0.1) is 0 Å². The summed E-state index contributed by atoms with van der Waals surface area (Å²) in [5.41, 5.74) is 2.43. The van der Waals surface area contributed by atoms with Crippen molar-refractivity contribution < 1.29 is 9.47 Å². The number of allylic oxidation sites excluding steroid dienone is 3. The van der Waals surface area contributed by atoms with Gasteiger partial charge >= 0.3 is 0 Å². The van der Waals surface area contributed by atoms with Gasteiger partial charge in [0.25, 0.3) is 0 Å². The van der Waals surface area contributed by atoms with E-state index < -0.39 is 0 Å². The van der Waals surface area contributed by atoms with Crippen LogP contribution in [0, 0.1) is 0 Å². The Kier molecular flexibility index (Phi) is 7.83. The van der Waals surface area contributed by atoms with Crippen molar-refractivity contribution in [3.63, 3.8) is 0 Å². The van der Waals surface area contributed by atoms with E-state index >= 15 is 0 Å². The molecule has 0 aliphatic carbocycles. The van der Waals surface area contributed by atoms with Crippen LogP contribution in [0.5, 0.6) is 11.5 Å². The molecule has 0 aromatic heterocycles. The third kappa shape index (κ3) is 5.10. The zero-order valence-corrected chi connectivity index (χ0v) is 15.9. The number of hydrogen-bond acceptors (Lipinski definition) is 3. The molecule has 1 rings (SSSR count). The molecule has 0 aliphatic heterocycles. The van der Waals surface area contributed by atoms with Crippen molar-refractivity contribution in [1.82, 2.24) is 0 Å². The van der Waals surface area contributed by atoms with E-state index in [1.54, 1.807) is 12.1 Å². The molecule has 0 atom stereocenters. The van der Waals surface area contributed by atoms with Crippen LogP contribution in [0.15, 0.2) is 41.0 Å². The molecule has 0 radical (unpaired) electrons. The van der Waals surface area contributed by atoms with Crippen LogP contribution in [0.3, 0.4) is 0 Å². The summed E-state index contributed by atoms with van der Waals surface area (Å²) in [6.45, 7) is 8.13. The quantitative estimate of drug-likeness (QED) is 0.586. The van der Waals surface area contributed by atoms with Gasteiger partial charge in [-0.2, -0.15) is 0 Å². The SMILES string of the molecule is C=C/C(CNc1c(Cl)c(OC)cc(OC)c1Cl)=C(/Cl)C=C(C)C. The third-order valence-electron chi connectivity index (χ3n) is 3.00. The first-order valence-corrected chi connectivity index (χ1v) is 7.98.